The Morgan fingerprint density at radius 3 is 2.56 bits per heavy atom. The van der Waals surface area contributed by atoms with Gasteiger partial charge in [0.1, 0.15) is 5.75 Å². The third kappa shape index (κ3) is 3.91. The summed E-state index contributed by atoms with van der Waals surface area (Å²) in [7, 11) is -3.81. The zero-order valence-corrected chi connectivity index (χ0v) is 15.2. The first-order valence-electron chi connectivity index (χ1n) is 8.02. The van der Waals surface area contributed by atoms with E-state index in [4.69, 9.17) is 9.88 Å². The van der Waals surface area contributed by atoms with Crippen LogP contribution in [0.2, 0.25) is 0 Å². The van der Waals surface area contributed by atoms with Gasteiger partial charge in [-0.3, -0.25) is 14.9 Å². The van der Waals surface area contributed by atoms with Gasteiger partial charge in [-0.2, -0.15) is 0 Å². The molecular formula is C17H17N3O6S. The molecule has 0 spiro atoms. The van der Waals surface area contributed by atoms with E-state index >= 15 is 0 Å². The fourth-order valence-corrected chi connectivity index (χ4v) is 3.61. The number of sulfonamides is 1. The summed E-state index contributed by atoms with van der Waals surface area (Å²) < 4.78 is 28.4. The summed E-state index contributed by atoms with van der Waals surface area (Å²) in [6, 6.07) is 9.67. The minimum atomic E-state index is -3.81. The van der Waals surface area contributed by atoms with Crippen molar-refractivity contribution in [2.45, 2.75) is 24.3 Å². The Bertz CT molecular complexity index is 1000. The van der Waals surface area contributed by atoms with Crippen molar-refractivity contribution >= 4 is 27.3 Å². The number of amides is 1. The lowest BCUT2D eigenvalue weighted by atomic mass is 10.1. The average molecular weight is 391 g/mol. The maximum Gasteiger partial charge on any atom is 0.269 e. The van der Waals surface area contributed by atoms with E-state index in [1.54, 1.807) is 11.0 Å². The van der Waals surface area contributed by atoms with Gasteiger partial charge in [0.05, 0.1) is 9.82 Å². The van der Waals surface area contributed by atoms with Gasteiger partial charge in [0.15, 0.2) is 6.61 Å². The van der Waals surface area contributed by atoms with Crippen molar-refractivity contribution in [2.75, 3.05) is 11.5 Å². The molecule has 2 aromatic rings. The zero-order valence-electron chi connectivity index (χ0n) is 14.4. The van der Waals surface area contributed by atoms with Crippen LogP contribution in [0.3, 0.4) is 0 Å². The summed E-state index contributed by atoms with van der Waals surface area (Å²) in [6.07, 6.45) is 0.502. The molecule has 1 atom stereocenters. The number of benzene rings is 2. The topological polar surface area (TPSA) is 133 Å². The molecule has 0 saturated carbocycles. The molecule has 1 amide bonds. The van der Waals surface area contributed by atoms with Gasteiger partial charge in [0, 0.05) is 23.9 Å². The number of primary sulfonamides is 1. The van der Waals surface area contributed by atoms with Gasteiger partial charge in [-0.15, -0.1) is 0 Å². The number of anilines is 1. The Kier molecular flexibility index (Phi) is 4.85. The largest absolute Gasteiger partial charge is 0.484 e. The number of nitrogens with two attached hydrogens (primary N) is 1. The molecule has 0 aromatic heterocycles. The van der Waals surface area contributed by atoms with Gasteiger partial charge < -0.3 is 9.64 Å². The van der Waals surface area contributed by atoms with Crippen LogP contribution in [0.4, 0.5) is 11.4 Å². The maximum absolute atomic E-state index is 12.6. The summed E-state index contributed by atoms with van der Waals surface area (Å²) in [5.41, 5.74) is 1.27. The van der Waals surface area contributed by atoms with E-state index in [1.807, 2.05) is 6.92 Å². The summed E-state index contributed by atoms with van der Waals surface area (Å²) in [4.78, 5) is 24.3. The predicted molar refractivity (Wildman–Crippen MR) is 97.1 cm³/mol. The van der Waals surface area contributed by atoms with Crippen LogP contribution in [-0.4, -0.2) is 31.9 Å². The SMILES string of the molecule is CC1Cc2cc(S(N)(=O)=O)ccc2N1C(=O)COc1ccc([N+](=O)[O-])cc1. The fourth-order valence-electron chi connectivity index (χ4n) is 3.04. The molecule has 10 heteroatoms. The Balaban J connectivity index is 1.73. The fraction of sp³-hybridized carbons (Fsp3) is 0.235. The van der Waals surface area contributed by atoms with Crippen molar-refractivity contribution in [1.82, 2.24) is 0 Å². The van der Waals surface area contributed by atoms with E-state index in [9.17, 15) is 23.3 Å². The second-order valence-electron chi connectivity index (χ2n) is 6.19. The van der Waals surface area contributed by atoms with Gasteiger partial charge in [-0.1, -0.05) is 0 Å². The van der Waals surface area contributed by atoms with Crippen LogP contribution in [0.1, 0.15) is 12.5 Å². The zero-order chi connectivity index (χ0) is 19.8. The molecule has 0 aliphatic carbocycles. The van der Waals surface area contributed by atoms with Gasteiger partial charge >= 0.3 is 0 Å². The van der Waals surface area contributed by atoms with E-state index in [0.717, 1.165) is 5.56 Å². The number of nitro groups is 1. The monoisotopic (exact) mass is 391 g/mol. The van der Waals surface area contributed by atoms with Crippen molar-refractivity contribution < 1.29 is 22.9 Å². The van der Waals surface area contributed by atoms with Crippen LogP contribution in [0.5, 0.6) is 5.75 Å². The normalized spacial score (nSPS) is 16.1. The molecule has 0 radical (unpaired) electrons. The molecule has 1 unspecified atom stereocenters. The molecule has 2 aromatic carbocycles. The molecule has 2 N–H and O–H groups in total. The highest BCUT2D eigenvalue weighted by molar-refractivity contribution is 7.89. The smallest absolute Gasteiger partial charge is 0.269 e. The second kappa shape index (κ2) is 6.97. The van der Waals surface area contributed by atoms with E-state index in [-0.39, 0.29) is 29.1 Å². The van der Waals surface area contributed by atoms with Crippen molar-refractivity contribution in [3.63, 3.8) is 0 Å². The number of hydrogen-bond donors (Lipinski definition) is 1. The number of hydrogen-bond acceptors (Lipinski definition) is 6. The van der Waals surface area contributed by atoms with Crippen molar-refractivity contribution in [1.29, 1.82) is 0 Å². The summed E-state index contributed by atoms with van der Waals surface area (Å²) >= 11 is 0. The quantitative estimate of drug-likeness (QED) is 0.608. The van der Waals surface area contributed by atoms with E-state index in [2.05, 4.69) is 0 Å². The van der Waals surface area contributed by atoms with Crippen LogP contribution < -0.4 is 14.8 Å². The summed E-state index contributed by atoms with van der Waals surface area (Å²) in [6.45, 7) is 1.60. The molecule has 3 rings (SSSR count). The van der Waals surface area contributed by atoms with Gasteiger partial charge in [-0.05, 0) is 49.2 Å². The summed E-state index contributed by atoms with van der Waals surface area (Å²) in [5, 5.41) is 15.8. The third-order valence-electron chi connectivity index (χ3n) is 4.27. The first-order valence-corrected chi connectivity index (χ1v) is 9.56. The Hall–Kier alpha value is -2.98. The van der Waals surface area contributed by atoms with Gasteiger partial charge in [-0.25, -0.2) is 13.6 Å². The molecule has 0 saturated heterocycles. The molecule has 0 bridgehead atoms. The minimum absolute atomic E-state index is 0.00452. The highest BCUT2D eigenvalue weighted by Gasteiger charge is 2.32. The second-order valence-corrected chi connectivity index (χ2v) is 7.75. The summed E-state index contributed by atoms with van der Waals surface area (Å²) in [5.74, 6) is 0.0357. The lowest BCUT2D eigenvalue weighted by molar-refractivity contribution is -0.384. The number of rotatable bonds is 5. The molecule has 142 valence electrons. The minimum Gasteiger partial charge on any atom is -0.484 e. The molecule has 0 fully saturated rings. The van der Waals surface area contributed by atoms with Crippen molar-refractivity contribution in [3.8, 4) is 5.75 Å². The highest BCUT2D eigenvalue weighted by Crippen LogP contribution is 2.33. The first-order chi connectivity index (χ1) is 12.7. The average Bonchev–Trinajstić information content (AvgIpc) is 2.94. The molecule has 9 nitrogen and oxygen atoms in total. The van der Waals surface area contributed by atoms with Crippen LogP contribution in [0.25, 0.3) is 0 Å². The number of nitro benzene ring substituents is 1. The molecule has 1 aliphatic heterocycles. The molecule has 1 aliphatic rings. The van der Waals surface area contributed by atoms with Crippen LogP contribution in [0, 0.1) is 10.1 Å². The standard InChI is InChI=1S/C17H17N3O6S/c1-11-8-12-9-15(27(18,24)25)6-7-16(12)19(11)17(21)10-26-14-4-2-13(3-5-14)20(22)23/h2-7,9,11H,8,10H2,1H3,(H2,18,24,25). The predicted octanol–water partition coefficient (Wildman–Crippen LogP) is 1.60. The molecule has 1 heterocycles. The number of non-ortho nitro benzene ring substituents is 1. The van der Waals surface area contributed by atoms with Crippen molar-refractivity contribution in [3.05, 3.63) is 58.1 Å². The van der Waals surface area contributed by atoms with Gasteiger partial charge in [0.2, 0.25) is 10.0 Å². The Morgan fingerprint density at radius 2 is 1.96 bits per heavy atom. The van der Waals surface area contributed by atoms with E-state index in [1.165, 1.54) is 36.4 Å². The van der Waals surface area contributed by atoms with E-state index < -0.39 is 14.9 Å². The number of carbonyl (C=O) groups excluding carboxylic acids is 1. The lowest BCUT2D eigenvalue weighted by Crippen LogP contribution is -2.39. The van der Waals surface area contributed by atoms with Crippen LogP contribution >= 0.6 is 0 Å². The van der Waals surface area contributed by atoms with E-state index in [0.29, 0.717) is 17.9 Å². The first kappa shape index (κ1) is 18.8. The Labute approximate surface area is 155 Å². The molecule has 27 heavy (non-hydrogen) atoms. The Morgan fingerprint density at radius 1 is 1.30 bits per heavy atom. The molecular weight excluding hydrogens is 374 g/mol. The third-order valence-corrected chi connectivity index (χ3v) is 5.18. The van der Waals surface area contributed by atoms with Crippen LogP contribution in [-0.2, 0) is 21.2 Å². The number of ether oxygens (including phenoxy) is 1. The maximum atomic E-state index is 12.6. The number of carbonyl (C=O) groups is 1. The number of nitrogens with zero attached hydrogens (tertiary/aromatic N) is 2. The number of fused-ring (bicyclic) bond motifs is 1. The highest BCUT2D eigenvalue weighted by atomic mass is 32.2. The van der Waals surface area contributed by atoms with Crippen LogP contribution in [0.15, 0.2) is 47.4 Å². The lowest BCUT2D eigenvalue weighted by Gasteiger charge is -2.22. The van der Waals surface area contributed by atoms with Gasteiger partial charge in [0.25, 0.3) is 11.6 Å². The van der Waals surface area contributed by atoms with Crippen molar-refractivity contribution in [2.24, 2.45) is 5.14 Å².